The lowest BCUT2D eigenvalue weighted by Gasteiger charge is -2.28. The monoisotopic (exact) mass is 366 g/mol. The first kappa shape index (κ1) is 19.2. The van der Waals surface area contributed by atoms with Crippen LogP contribution in [0.1, 0.15) is 28.8 Å². The number of allylic oxidation sites excluding steroid dienone is 1. The topological polar surface area (TPSA) is 35.5 Å². The molecule has 0 unspecified atom stereocenters. The number of carbonyl (C=O) groups is 1. The van der Waals surface area contributed by atoms with E-state index >= 15 is 0 Å². The minimum Gasteiger partial charge on any atom is -0.497 e. The van der Waals surface area contributed by atoms with Crippen LogP contribution in [0.4, 0.5) is 0 Å². The van der Waals surface area contributed by atoms with Crippen molar-refractivity contribution in [1.29, 1.82) is 0 Å². The molecule has 2 aromatic rings. The highest BCUT2D eigenvalue weighted by molar-refractivity contribution is 6.06. The number of carbonyl (C=O) groups excluding carboxylic acids is 1. The number of likely N-dealkylation sites (N-methyl/N-ethyl adjacent to an activating group) is 1. The van der Waals surface area contributed by atoms with Crippen LogP contribution in [-0.4, -0.2) is 50.7 Å². The molecule has 0 aliphatic carbocycles. The minimum atomic E-state index is -0.0208. The second-order valence-electron chi connectivity index (χ2n) is 7.34. The van der Waals surface area contributed by atoms with Crippen LogP contribution >= 0.6 is 0 Å². The van der Waals surface area contributed by atoms with Gasteiger partial charge in [-0.15, -0.1) is 0 Å². The molecule has 142 valence electrons. The Bertz CT molecular complexity index is 772. The van der Waals surface area contributed by atoms with Gasteiger partial charge in [0.05, 0.1) is 27.2 Å². The minimum absolute atomic E-state index is 0.0208. The maximum atomic E-state index is 12.3. The summed E-state index contributed by atoms with van der Waals surface area (Å²) in [6.45, 7) is 4.24. The molecule has 1 heterocycles. The fourth-order valence-corrected chi connectivity index (χ4v) is 3.40. The van der Waals surface area contributed by atoms with Gasteiger partial charge in [-0.05, 0) is 48.0 Å². The van der Waals surface area contributed by atoms with Gasteiger partial charge in [0, 0.05) is 18.4 Å². The predicted octanol–water partition coefficient (Wildman–Crippen LogP) is 4.21. The third-order valence-electron chi connectivity index (χ3n) is 5.23. The third-order valence-corrected chi connectivity index (χ3v) is 5.23. The Morgan fingerprint density at radius 1 is 1.00 bits per heavy atom. The number of methoxy groups -OCH3 is 1. The molecule has 3 rings (SSSR count). The number of ether oxygens (including phenoxy) is 2. The molecule has 1 aliphatic heterocycles. The predicted molar refractivity (Wildman–Crippen MR) is 108 cm³/mol. The smallest absolute Gasteiger partial charge is 0.185 e. The average Bonchev–Trinajstić information content (AvgIpc) is 3.13. The molecule has 4 heteroatoms. The fourth-order valence-electron chi connectivity index (χ4n) is 3.40. The SMILES string of the molecule is COc1ccc(/C=C/C(=O)c2ccc(OCC[N+]3(C)CCCC3)cc2)cc1. The van der Waals surface area contributed by atoms with Crippen LogP contribution in [0.3, 0.4) is 0 Å². The molecule has 0 bridgehead atoms. The van der Waals surface area contributed by atoms with E-state index in [1.165, 1.54) is 25.9 Å². The third kappa shape index (κ3) is 5.44. The van der Waals surface area contributed by atoms with Gasteiger partial charge in [0.1, 0.15) is 24.7 Å². The van der Waals surface area contributed by atoms with Crippen LogP contribution in [0.2, 0.25) is 0 Å². The average molecular weight is 366 g/mol. The highest BCUT2D eigenvalue weighted by Crippen LogP contribution is 2.18. The zero-order valence-electron chi connectivity index (χ0n) is 16.2. The van der Waals surface area contributed by atoms with Gasteiger partial charge in [-0.1, -0.05) is 18.2 Å². The Morgan fingerprint density at radius 3 is 2.26 bits per heavy atom. The van der Waals surface area contributed by atoms with E-state index in [4.69, 9.17) is 9.47 Å². The summed E-state index contributed by atoms with van der Waals surface area (Å²) in [5.74, 6) is 1.60. The normalized spacial score (nSPS) is 15.8. The molecule has 0 aromatic heterocycles. The van der Waals surface area contributed by atoms with E-state index in [1.807, 2.05) is 54.6 Å². The Labute approximate surface area is 161 Å². The number of likely N-dealkylation sites (tertiary alicyclic amines) is 1. The number of hydrogen-bond donors (Lipinski definition) is 0. The zero-order chi connectivity index (χ0) is 19.1. The highest BCUT2D eigenvalue weighted by Gasteiger charge is 2.26. The molecule has 0 spiro atoms. The Balaban J connectivity index is 1.51. The summed E-state index contributed by atoms with van der Waals surface area (Å²) in [7, 11) is 3.93. The summed E-state index contributed by atoms with van der Waals surface area (Å²) in [5.41, 5.74) is 1.62. The van der Waals surface area contributed by atoms with Crippen molar-refractivity contribution in [1.82, 2.24) is 0 Å². The lowest BCUT2D eigenvalue weighted by atomic mass is 10.1. The number of rotatable bonds is 8. The van der Waals surface area contributed by atoms with Gasteiger partial charge >= 0.3 is 0 Å². The van der Waals surface area contributed by atoms with Crippen molar-refractivity contribution in [3.63, 3.8) is 0 Å². The Hall–Kier alpha value is -2.59. The van der Waals surface area contributed by atoms with Crippen LogP contribution in [0, 0.1) is 0 Å². The summed E-state index contributed by atoms with van der Waals surface area (Å²) in [6, 6.07) is 15.0. The maximum absolute atomic E-state index is 12.3. The van der Waals surface area contributed by atoms with Crippen LogP contribution in [-0.2, 0) is 0 Å². The van der Waals surface area contributed by atoms with Crippen LogP contribution < -0.4 is 9.47 Å². The summed E-state index contributed by atoms with van der Waals surface area (Å²) in [4.78, 5) is 12.3. The molecular weight excluding hydrogens is 338 g/mol. The molecule has 0 N–H and O–H groups in total. The molecule has 27 heavy (non-hydrogen) atoms. The van der Waals surface area contributed by atoms with E-state index in [1.54, 1.807) is 13.2 Å². The van der Waals surface area contributed by atoms with Crippen LogP contribution in [0.5, 0.6) is 11.5 Å². The number of benzene rings is 2. The van der Waals surface area contributed by atoms with E-state index in [2.05, 4.69) is 7.05 Å². The standard InChI is InChI=1S/C23H28NO3/c1-24(15-3-4-16-24)17-18-27-22-12-8-20(9-13-22)23(25)14-7-19-5-10-21(26-2)11-6-19/h5-14H,3-4,15-18H2,1-2H3/q+1/b14-7+. The molecule has 1 saturated heterocycles. The molecule has 1 fully saturated rings. The van der Waals surface area contributed by atoms with Gasteiger partial charge in [-0.2, -0.15) is 0 Å². The van der Waals surface area contributed by atoms with Crippen LogP contribution in [0.25, 0.3) is 6.08 Å². The molecule has 0 saturated carbocycles. The summed E-state index contributed by atoms with van der Waals surface area (Å²) in [5, 5.41) is 0. The van der Waals surface area contributed by atoms with Gasteiger partial charge in [0.25, 0.3) is 0 Å². The first-order valence-electron chi connectivity index (χ1n) is 9.51. The molecule has 4 nitrogen and oxygen atoms in total. The van der Waals surface area contributed by atoms with E-state index in [0.717, 1.165) is 28.1 Å². The zero-order valence-corrected chi connectivity index (χ0v) is 16.2. The van der Waals surface area contributed by atoms with Crippen molar-refractivity contribution in [3.8, 4) is 11.5 Å². The number of quaternary nitrogens is 1. The number of hydrogen-bond acceptors (Lipinski definition) is 3. The molecule has 1 aliphatic rings. The maximum Gasteiger partial charge on any atom is 0.185 e. The van der Waals surface area contributed by atoms with E-state index < -0.39 is 0 Å². The van der Waals surface area contributed by atoms with Gasteiger partial charge in [-0.3, -0.25) is 4.79 Å². The quantitative estimate of drug-likeness (QED) is 0.399. The largest absolute Gasteiger partial charge is 0.497 e. The molecule has 0 radical (unpaired) electrons. The lowest BCUT2D eigenvalue weighted by Crippen LogP contribution is -2.43. The van der Waals surface area contributed by atoms with Crippen LogP contribution in [0.15, 0.2) is 54.6 Å². The van der Waals surface area contributed by atoms with Gasteiger partial charge < -0.3 is 14.0 Å². The van der Waals surface area contributed by atoms with Gasteiger partial charge in [-0.25, -0.2) is 0 Å². The van der Waals surface area contributed by atoms with Gasteiger partial charge in [0.15, 0.2) is 5.78 Å². The van der Waals surface area contributed by atoms with E-state index in [9.17, 15) is 4.79 Å². The second-order valence-corrected chi connectivity index (χ2v) is 7.34. The molecule has 2 aromatic carbocycles. The number of nitrogens with zero attached hydrogens (tertiary/aromatic N) is 1. The second kappa shape index (κ2) is 8.87. The highest BCUT2D eigenvalue weighted by atomic mass is 16.5. The lowest BCUT2D eigenvalue weighted by molar-refractivity contribution is -0.897. The van der Waals surface area contributed by atoms with Crippen molar-refractivity contribution in [2.24, 2.45) is 0 Å². The van der Waals surface area contributed by atoms with Gasteiger partial charge in [0.2, 0.25) is 0 Å². The fraction of sp³-hybridized carbons (Fsp3) is 0.348. The first-order valence-corrected chi connectivity index (χ1v) is 9.51. The van der Waals surface area contributed by atoms with E-state index in [0.29, 0.717) is 12.2 Å². The number of ketones is 1. The van der Waals surface area contributed by atoms with Crippen molar-refractivity contribution in [2.75, 3.05) is 40.4 Å². The molecule has 0 atom stereocenters. The Morgan fingerprint density at radius 2 is 1.63 bits per heavy atom. The summed E-state index contributed by atoms with van der Waals surface area (Å²) < 4.78 is 12.1. The van der Waals surface area contributed by atoms with Crippen molar-refractivity contribution < 1.29 is 18.8 Å². The summed E-state index contributed by atoms with van der Waals surface area (Å²) in [6.07, 6.45) is 6.04. The summed E-state index contributed by atoms with van der Waals surface area (Å²) >= 11 is 0. The molecular formula is C23H28NO3+. The Kier molecular flexibility index (Phi) is 6.30. The van der Waals surface area contributed by atoms with Crippen molar-refractivity contribution in [3.05, 3.63) is 65.7 Å². The molecule has 0 amide bonds. The van der Waals surface area contributed by atoms with Crippen molar-refractivity contribution in [2.45, 2.75) is 12.8 Å². The first-order chi connectivity index (χ1) is 13.1. The van der Waals surface area contributed by atoms with E-state index in [-0.39, 0.29) is 5.78 Å². The van der Waals surface area contributed by atoms with Crippen molar-refractivity contribution >= 4 is 11.9 Å².